The lowest BCUT2D eigenvalue weighted by atomic mass is 9.70. The highest BCUT2D eigenvalue weighted by molar-refractivity contribution is 5.17. The number of rotatable bonds is 3. The molecule has 102 valence electrons. The molecule has 1 aromatic rings. The first-order valence-corrected chi connectivity index (χ1v) is 6.88. The molecular formula is C16H21FN2. The number of benzene rings is 1. The summed E-state index contributed by atoms with van der Waals surface area (Å²) in [6.45, 7) is 6.94. The SMILES string of the molecule is CC1CN(Cc2ccccc2F)CCC1(C)CC#N. The molecule has 1 heterocycles. The normalized spacial score (nSPS) is 28.0. The Morgan fingerprint density at radius 3 is 2.84 bits per heavy atom. The lowest BCUT2D eigenvalue weighted by molar-refractivity contribution is 0.0551. The van der Waals surface area contributed by atoms with Crippen molar-refractivity contribution in [3.05, 3.63) is 35.6 Å². The zero-order chi connectivity index (χ0) is 13.9. The molecule has 2 rings (SSSR count). The third-order valence-corrected chi connectivity index (χ3v) is 4.56. The average Bonchev–Trinajstić information content (AvgIpc) is 2.37. The van der Waals surface area contributed by atoms with Crippen LogP contribution in [0.15, 0.2) is 24.3 Å². The maximum absolute atomic E-state index is 13.6. The lowest BCUT2D eigenvalue weighted by Crippen LogP contribution is -2.44. The quantitative estimate of drug-likeness (QED) is 0.830. The Morgan fingerprint density at radius 2 is 2.21 bits per heavy atom. The molecule has 0 saturated carbocycles. The fourth-order valence-electron chi connectivity index (χ4n) is 2.81. The highest BCUT2D eigenvalue weighted by Gasteiger charge is 2.36. The standard InChI is InChI=1S/C16H21FN2/c1-13-11-19(10-8-16(13,2)7-9-18)12-14-5-3-4-6-15(14)17/h3-6,13H,7-8,10-12H2,1-2H3. The number of piperidine rings is 1. The van der Waals surface area contributed by atoms with Crippen molar-refractivity contribution in [2.75, 3.05) is 13.1 Å². The van der Waals surface area contributed by atoms with Crippen molar-refractivity contribution in [1.82, 2.24) is 4.90 Å². The third kappa shape index (κ3) is 3.13. The number of halogens is 1. The van der Waals surface area contributed by atoms with Gasteiger partial charge >= 0.3 is 0 Å². The Hall–Kier alpha value is -1.40. The Bertz CT molecular complexity index is 480. The van der Waals surface area contributed by atoms with Crippen LogP contribution in [0.3, 0.4) is 0 Å². The average molecular weight is 260 g/mol. The van der Waals surface area contributed by atoms with E-state index in [-0.39, 0.29) is 11.2 Å². The Morgan fingerprint density at radius 1 is 1.47 bits per heavy atom. The van der Waals surface area contributed by atoms with Crippen molar-refractivity contribution in [3.8, 4) is 6.07 Å². The second-order valence-electron chi connectivity index (χ2n) is 5.97. The molecule has 1 aromatic carbocycles. The lowest BCUT2D eigenvalue weighted by Gasteiger charge is -2.43. The summed E-state index contributed by atoms with van der Waals surface area (Å²) in [7, 11) is 0. The molecule has 0 radical (unpaired) electrons. The minimum absolute atomic E-state index is 0.112. The molecule has 3 heteroatoms. The van der Waals surface area contributed by atoms with Gasteiger partial charge in [0.15, 0.2) is 0 Å². The van der Waals surface area contributed by atoms with E-state index in [1.54, 1.807) is 6.07 Å². The fourth-order valence-corrected chi connectivity index (χ4v) is 2.81. The van der Waals surface area contributed by atoms with Crippen LogP contribution >= 0.6 is 0 Å². The molecule has 1 aliphatic rings. The zero-order valence-corrected chi connectivity index (χ0v) is 11.7. The molecule has 1 aliphatic heterocycles. The number of nitrogens with zero attached hydrogens (tertiary/aromatic N) is 2. The molecule has 2 atom stereocenters. The smallest absolute Gasteiger partial charge is 0.127 e. The monoisotopic (exact) mass is 260 g/mol. The van der Waals surface area contributed by atoms with Crippen molar-refractivity contribution in [2.24, 2.45) is 11.3 Å². The van der Waals surface area contributed by atoms with E-state index in [1.807, 2.05) is 12.1 Å². The van der Waals surface area contributed by atoms with Gasteiger partial charge in [-0.15, -0.1) is 0 Å². The third-order valence-electron chi connectivity index (χ3n) is 4.56. The van der Waals surface area contributed by atoms with E-state index < -0.39 is 0 Å². The molecule has 0 spiro atoms. The first-order chi connectivity index (χ1) is 9.05. The largest absolute Gasteiger partial charge is 0.299 e. The van der Waals surface area contributed by atoms with Crippen molar-refractivity contribution < 1.29 is 4.39 Å². The van der Waals surface area contributed by atoms with Gasteiger partial charge in [0.2, 0.25) is 0 Å². The van der Waals surface area contributed by atoms with E-state index in [0.29, 0.717) is 18.9 Å². The summed E-state index contributed by atoms with van der Waals surface area (Å²) in [6.07, 6.45) is 1.62. The van der Waals surface area contributed by atoms with E-state index in [0.717, 1.165) is 25.1 Å². The molecule has 1 saturated heterocycles. The van der Waals surface area contributed by atoms with Gasteiger partial charge in [-0.1, -0.05) is 32.0 Å². The highest BCUT2D eigenvalue weighted by atomic mass is 19.1. The molecule has 0 aliphatic carbocycles. The van der Waals surface area contributed by atoms with E-state index in [1.165, 1.54) is 6.07 Å². The van der Waals surface area contributed by atoms with Crippen LogP contribution in [0, 0.1) is 28.5 Å². The second kappa shape index (κ2) is 5.71. The van der Waals surface area contributed by atoms with Gasteiger partial charge in [0, 0.05) is 25.1 Å². The number of likely N-dealkylation sites (tertiary alicyclic amines) is 1. The van der Waals surface area contributed by atoms with Crippen LogP contribution in [0.2, 0.25) is 0 Å². The van der Waals surface area contributed by atoms with Crippen LogP contribution in [-0.2, 0) is 6.54 Å². The minimum atomic E-state index is -0.125. The summed E-state index contributed by atoms with van der Waals surface area (Å²) in [5.74, 6) is 0.341. The molecule has 0 aromatic heterocycles. The van der Waals surface area contributed by atoms with Gasteiger partial charge in [0.05, 0.1) is 6.07 Å². The van der Waals surface area contributed by atoms with E-state index in [4.69, 9.17) is 5.26 Å². The summed E-state index contributed by atoms with van der Waals surface area (Å²) >= 11 is 0. The Kier molecular flexibility index (Phi) is 4.21. The first-order valence-electron chi connectivity index (χ1n) is 6.88. The molecule has 0 N–H and O–H groups in total. The van der Waals surface area contributed by atoms with Gasteiger partial charge in [-0.05, 0) is 30.4 Å². The van der Waals surface area contributed by atoms with E-state index in [9.17, 15) is 4.39 Å². The molecule has 0 amide bonds. The summed E-state index contributed by atoms with van der Waals surface area (Å²) < 4.78 is 13.6. The fraction of sp³-hybridized carbons (Fsp3) is 0.562. The van der Waals surface area contributed by atoms with Crippen LogP contribution in [0.1, 0.15) is 32.3 Å². The minimum Gasteiger partial charge on any atom is -0.299 e. The van der Waals surface area contributed by atoms with Crippen LogP contribution in [-0.4, -0.2) is 18.0 Å². The van der Waals surface area contributed by atoms with Crippen LogP contribution in [0.25, 0.3) is 0 Å². The highest BCUT2D eigenvalue weighted by Crippen LogP contribution is 2.39. The summed E-state index contributed by atoms with van der Waals surface area (Å²) in [4.78, 5) is 2.29. The van der Waals surface area contributed by atoms with Crippen molar-refractivity contribution in [2.45, 2.75) is 33.2 Å². The van der Waals surface area contributed by atoms with Crippen molar-refractivity contribution in [1.29, 1.82) is 5.26 Å². The predicted molar refractivity (Wildman–Crippen MR) is 73.8 cm³/mol. The van der Waals surface area contributed by atoms with Crippen molar-refractivity contribution in [3.63, 3.8) is 0 Å². The number of hydrogen-bond acceptors (Lipinski definition) is 2. The van der Waals surface area contributed by atoms with Gasteiger partial charge in [0.1, 0.15) is 5.82 Å². The zero-order valence-electron chi connectivity index (χ0n) is 11.7. The molecule has 19 heavy (non-hydrogen) atoms. The summed E-state index contributed by atoms with van der Waals surface area (Å²) in [5, 5.41) is 8.93. The van der Waals surface area contributed by atoms with Gasteiger partial charge in [0.25, 0.3) is 0 Å². The Balaban J connectivity index is 2.00. The molecule has 0 bridgehead atoms. The predicted octanol–water partition coefficient (Wildman–Crippen LogP) is 3.59. The summed E-state index contributed by atoms with van der Waals surface area (Å²) in [6, 6.07) is 9.27. The van der Waals surface area contributed by atoms with Gasteiger partial charge < -0.3 is 0 Å². The summed E-state index contributed by atoms with van der Waals surface area (Å²) in [5.41, 5.74) is 0.874. The van der Waals surface area contributed by atoms with Crippen LogP contribution in [0.5, 0.6) is 0 Å². The topological polar surface area (TPSA) is 27.0 Å². The van der Waals surface area contributed by atoms with Crippen LogP contribution < -0.4 is 0 Å². The molecular weight excluding hydrogens is 239 g/mol. The Labute approximate surface area is 114 Å². The molecule has 2 unspecified atom stereocenters. The van der Waals surface area contributed by atoms with Gasteiger partial charge in [-0.25, -0.2) is 4.39 Å². The van der Waals surface area contributed by atoms with E-state index in [2.05, 4.69) is 24.8 Å². The van der Waals surface area contributed by atoms with Gasteiger partial charge in [-0.3, -0.25) is 4.90 Å². The number of nitriles is 1. The van der Waals surface area contributed by atoms with Gasteiger partial charge in [-0.2, -0.15) is 5.26 Å². The van der Waals surface area contributed by atoms with Crippen molar-refractivity contribution >= 4 is 0 Å². The second-order valence-corrected chi connectivity index (χ2v) is 5.97. The molecule has 2 nitrogen and oxygen atoms in total. The number of hydrogen-bond donors (Lipinski definition) is 0. The van der Waals surface area contributed by atoms with Crippen LogP contribution in [0.4, 0.5) is 4.39 Å². The maximum atomic E-state index is 13.6. The molecule has 1 fully saturated rings. The van der Waals surface area contributed by atoms with E-state index >= 15 is 0 Å². The first kappa shape index (κ1) is 14.0. The maximum Gasteiger partial charge on any atom is 0.127 e.